The zero-order valence-corrected chi connectivity index (χ0v) is 26.2. The summed E-state index contributed by atoms with van der Waals surface area (Å²) in [5, 5.41) is 15.8. The van der Waals surface area contributed by atoms with Gasteiger partial charge in [0.05, 0.1) is 11.5 Å². The summed E-state index contributed by atoms with van der Waals surface area (Å²) >= 11 is 0. The molecule has 9 heteroatoms. The van der Waals surface area contributed by atoms with Crippen LogP contribution >= 0.6 is 0 Å². The van der Waals surface area contributed by atoms with Gasteiger partial charge in [0.25, 0.3) is 11.6 Å². The molecule has 234 valence electrons. The summed E-state index contributed by atoms with van der Waals surface area (Å²) in [4.78, 5) is 18.4. The zero-order valence-electron chi connectivity index (χ0n) is 26.2. The number of alkyl halides is 2. The van der Waals surface area contributed by atoms with Crippen molar-refractivity contribution in [3.05, 3.63) is 106 Å². The predicted molar refractivity (Wildman–Crippen MR) is 174 cm³/mol. The van der Waals surface area contributed by atoms with Gasteiger partial charge in [-0.2, -0.15) is 0 Å². The summed E-state index contributed by atoms with van der Waals surface area (Å²) < 4.78 is 32.1. The number of hydrogen-bond acceptors (Lipinski definition) is 5. The number of nitrogen functional groups attached to an aromatic ring is 1. The minimum absolute atomic E-state index is 0.0583. The van der Waals surface area contributed by atoms with E-state index in [2.05, 4.69) is 25.3 Å². The molecule has 1 saturated heterocycles. The largest absolute Gasteiger partial charge is 0.481 e. The molecule has 2 aliphatic heterocycles. The summed E-state index contributed by atoms with van der Waals surface area (Å²) in [6.45, 7) is 13.4. The van der Waals surface area contributed by atoms with E-state index in [1.165, 1.54) is 12.1 Å². The Balaban J connectivity index is 1.55. The number of aryl methyl sites for hydroxylation is 1. The number of anilines is 2. The Labute approximate surface area is 262 Å². The van der Waals surface area contributed by atoms with Gasteiger partial charge in [0.2, 0.25) is 5.70 Å². The van der Waals surface area contributed by atoms with Gasteiger partial charge in [0, 0.05) is 59.3 Å². The van der Waals surface area contributed by atoms with E-state index in [-0.39, 0.29) is 23.0 Å². The summed E-state index contributed by atoms with van der Waals surface area (Å²) in [6, 6.07) is 17.2. The number of azo groups is 2. The lowest BCUT2D eigenvalue weighted by atomic mass is 9.95. The molecule has 0 spiro atoms. The van der Waals surface area contributed by atoms with Gasteiger partial charge in [-0.15, -0.1) is 0 Å². The van der Waals surface area contributed by atoms with Crippen LogP contribution < -0.4 is 21.1 Å². The third kappa shape index (κ3) is 6.57. The normalized spacial score (nSPS) is 17.7. The van der Waals surface area contributed by atoms with Crippen LogP contribution in [0.25, 0.3) is 11.8 Å². The van der Waals surface area contributed by atoms with Crippen LogP contribution in [0.5, 0.6) is 0 Å². The van der Waals surface area contributed by atoms with Gasteiger partial charge in [-0.05, 0) is 54.2 Å². The number of piperidine rings is 1. The van der Waals surface area contributed by atoms with Crippen molar-refractivity contribution in [2.45, 2.75) is 52.9 Å². The van der Waals surface area contributed by atoms with Crippen molar-refractivity contribution in [2.75, 3.05) is 23.7 Å². The number of rotatable bonds is 8. The smallest absolute Gasteiger partial charge is 0.306 e. The highest BCUT2D eigenvalue weighted by Gasteiger charge is 2.35. The lowest BCUT2D eigenvalue weighted by Gasteiger charge is -2.31. The van der Waals surface area contributed by atoms with Crippen molar-refractivity contribution in [2.24, 2.45) is 17.0 Å². The molecule has 2 aromatic carbocycles. The maximum Gasteiger partial charge on any atom is 0.306 e. The zero-order chi connectivity index (χ0) is 32.5. The maximum absolute atomic E-state index is 15.1. The fraction of sp³-hybridized carbons (Fsp3) is 0.333. The lowest BCUT2D eigenvalue weighted by molar-refractivity contribution is -0.451. The van der Waals surface area contributed by atoms with Crippen molar-refractivity contribution in [1.82, 2.24) is 4.98 Å². The minimum atomic E-state index is -3.08. The number of aliphatic carboxylic acids is 1. The molecule has 2 aliphatic rings. The van der Waals surface area contributed by atoms with Crippen molar-refractivity contribution in [1.29, 1.82) is 0 Å². The molecule has 5 rings (SSSR count). The number of hydrogen-bond donors (Lipinski definition) is 2. The monoisotopic (exact) mass is 612 g/mol. The van der Waals surface area contributed by atoms with E-state index in [0.717, 1.165) is 39.4 Å². The van der Waals surface area contributed by atoms with Gasteiger partial charge in [-0.3, -0.25) is 4.79 Å². The molecule has 0 radical (unpaired) electrons. The fourth-order valence-electron chi connectivity index (χ4n) is 6.21. The summed E-state index contributed by atoms with van der Waals surface area (Å²) in [6.07, 6.45) is 2.29. The first-order chi connectivity index (χ1) is 21.4. The van der Waals surface area contributed by atoms with Crippen LogP contribution in [0.1, 0.15) is 51.3 Å². The number of aromatic nitrogens is 1. The number of nitrogens with two attached hydrogens (primary N) is 1. The topological polar surface area (TPSA) is 94.8 Å². The SMILES string of the molecule is C=C(/C=c1\c(N)ccc\c1=C1\N=[N+](c2ccc(N3CCC(C(=O)O)CC3)nc2C)C(C)=C1C(C)C)CC(F)(F)c1ccccc1. The van der Waals surface area contributed by atoms with Crippen LogP contribution in [-0.4, -0.2) is 33.8 Å². The van der Waals surface area contributed by atoms with Crippen LogP contribution in [0.2, 0.25) is 0 Å². The standard InChI is InChI=1S/C36H39F2N5O2/c1-22(2)33-25(5)43(31-14-15-32(40-24(31)4)42-18-16-26(17-19-42)35(44)45)41-34(33)28-12-9-13-30(39)29(28)20-23(3)21-36(37,38)27-10-7-6-8-11-27/h6-15,20,22,26,39H,3,16-19,21H2,1-2,4-5H3,(H,44,45)/p+1/b29-20-. The van der Waals surface area contributed by atoms with E-state index in [0.29, 0.717) is 36.8 Å². The molecule has 0 amide bonds. The second-order valence-corrected chi connectivity index (χ2v) is 12.1. The number of carbonyl (C=O) groups is 1. The molecule has 0 unspecified atom stereocenters. The van der Waals surface area contributed by atoms with Gasteiger partial charge >= 0.3 is 5.97 Å². The molecule has 3 heterocycles. The second-order valence-electron chi connectivity index (χ2n) is 12.1. The number of nitrogens with zero attached hydrogens (tertiary/aromatic N) is 4. The molecule has 0 aliphatic carbocycles. The molecule has 3 N–H and O–H groups in total. The minimum Gasteiger partial charge on any atom is -0.481 e. The van der Waals surface area contributed by atoms with Gasteiger partial charge in [-0.1, -0.05) is 62.9 Å². The van der Waals surface area contributed by atoms with E-state index >= 15 is 8.78 Å². The average molecular weight is 613 g/mol. The quantitative estimate of drug-likeness (QED) is 0.220. The molecular weight excluding hydrogens is 572 g/mol. The van der Waals surface area contributed by atoms with E-state index in [9.17, 15) is 9.90 Å². The van der Waals surface area contributed by atoms with Crippen molar-refractivity contribution in [3.63, 3.8) is 0 Å². The molecule has 0 saturated carbocycles. The lowest BCUT2D eigenvalue weighted by Crippen LogP contribution is -2.36. The van der Waals surface area contributed by atoms with Gasteiger partial charge in [0.1, 0.15) is 17.2 Å². The summed E-state index contributed by atoms with van der Waals surface area (Å²) in [5.41, 5.74) is 11.4. The van der Waals surface area contributed by atoms with E-state index in [1.54, 1.807) is 30.3 Å². The van der Waals surface area contributed by atoms with Crippen molar-refractivity contribution >= 4 is 34.9 Å². The van der Waals surface area contributed by atoms with Crippen LogP contribution in [0.15, 0.2) is 89.2 Å². The first-order valence-corrected chi connectivity index (χ1v) is 15.3. The molecule has 45 heavy (non-hydrogen) atoms. The maximum atomic E-state index is 15.1. The van der Waals surface area contributed by atoms with Crippen molar-refractivity contribution < 1.29 is 23.4 Å². The van der Waals surface area contributed by atoms with Crippen LogP contribution in [0.3, 0.4) is 0 Å². The summed E-state index contributed by atoms with van der Waals surface area (Å²) in [5.74, 6) is -3.21. The number of halogens is 2. The van der Waals surface area contributed by atoms with Crippen LogP contribution in [0.4, 0.5) is 26.0 Å². The van der Waals surface area contributed by atoms with E-state index < -0.39 is 18.3 Å². The third-order valence-electron chi connectivity index (χ3n) is 8.57. The average Bonchev–Trinajstić information content (AvgIpc) is 3.35. The molecular formula is C36H40F2N5O2+. The van der Waals surface area contributed by atoms with Crippen molar-refractivity contribution in [3.8, 4) is 0 Å². The predicted octanol–water partition coefficient (Wildman–Crippen LogP) is 6.64. The Hall–Kier alpha value is -4.66. The summed E-state index contributed by atoms with van der Waals surface area (Å²) in [7, 11) is 0. The molecule has 1 aromatic heterocycles. The Morgan fingerprint density at radius 1 is 1.11 bits per heavy atom. The number of carboxylic acid groups (broad SMARTS) is 1. The highest BCUT2D eigenvalue weighted by Crippen LogP contribution is 2.37. The first kappa shape index (κ1) is 31.8. The molecule has 0 atom stereocenters. The van der Waals surface area contributed by atoms with Gasteiger partial charge < -0.3 is 15.7 Å². The van der Waals surface area contributed by atoms with E-state index in [4.69, 9.17) is 15.8 Å². The number of pyridine rings is 1. The van der Waals surface area contributed by atoms with Gasteiger partial charge in [-0.25, -0.2) is 13.8 Å². The fourth-order valence-corrected chi connectivity index (χ4v) is 6.21. The molecule has 0 bridgehead atoms. The Kier molecular flexibility index (Phi) is 9.00. The second kappa shape index (κ2) is 12.8. The van der Waals surface area contributed by atoms with Crippen LogP contribution in [-0.2, 0) is 10.7 Å². The third-order valence-corrected chi connectivity index (χ3v) is 8.57. The van der Waals surface area contributed by atoms with E-state index in [1.807, 2.05) is 42.8 Å². The first-order valence-electron chi connectivity index (χ1n) is 15.3. The molecule has 7 nitrogen and oxygen atoms in total. The van der Waals surface area contributed by atoms with Crippen LogP contribution in [0, 0.1) is 18.8 Å². The highest BCUT2D eigenvalue weighted by molar-refractivity contribution is 5.70. The number of benzene rings is 2. The highest BCUT2D eigenvalue weighted by atomic mass is 19.3. The Bertz CT molecular complexity index is 1820. The Morgan fingerprint density at radius 3 is 2.42 bits per heavy atom. The number of carboxylic acids is 1. The molecule has 3 aromatic rings. The Morgan fingerprint density at radius 2 is 1.80 bits per heavy atom. The van der Waals surface area contributed by atoms with Gasteiger partial charge in [0.15, 0.2) is 0 Å². The number of allylic oxidation sites excluding steroid dienone is 2. The molecule has 1 fully saturated rings.